The molecule has 34 heavy (non-hydrogen) atoms. The molecule has 3 amide bonds. The Balaban J connectivity index is 1.26. The SMILES string of the molecule is CCOc1ccc(S(=O)(=O)N2CCN(C(=O)CCCN3C(=O)c4ccccc4C3=O)CC2)cc1. The molecule has 0 unspecified atom stereocenters. The summed E-state index contributed by atoms with van der Waals surface area (Å²) in [7, 11) is -3.65. The topological polar surface area (TPSA) is 104 Å². The monoisotopic (exact) mass is 485 g/mol. The molecule has 0 aliphatic carbocycles. The number of nitrogens with zero attached hydrogens (tertiary/aromatic N) is 3. The zero-order chi connectivity index (χ0) is 24.3. The Labute approximate surface area is 198 Å². The van der Waals surface area contributed by atoms with Gasteiger partial charge in [0, 0.05) is 39.1 Å². The van der Waals surface area contributed by atoms with E-state index in [2.05, 4.69) is 0 Å². The third-order valence-electron chi connectivity index (χ3n) is 6.01. The van der Waals surface area contributed by atoms with Crippen LogP contribution in [0.15, 0.2) is 53.4 Å². The molecule has 0 bridgehead atoms. The maximum atomic E-state index is 12.9. The second-order valence-corrected chi connectivity index (χ2v) is 10.0. The molecule has 0 radical (unpaired) electrons. The highest BCUT2D eigenvalue weighted by atomic mass is 32.2. The van der Waals surface area contributed by atoms with E-state index in [1.165, 1.54) is 21.3 Å². The largest absolute Gasteiger partial charge is 0.494 e. The molecule has 0 saturated carbocycles. The number of rotatable bonds is 8. The predicted octanol–water partition coefficient (Wildman–Crippen LogP) is 1.99. The fraction of sp³-hybridized carbons (Fsp3) is 0.375. The fourth-order valence-corrected chi connectivity index (χ4v) is 5.61. The number of carbonyl (C=O) groups is 3. The van der Waals surface area contributed by atoms with E-state index in [9.17, 15) is 22.8 Å². The van der Waals surface area contributed by atoms with Crippen molar-refractivity contribution in [2.24, 2.45) is 0 Å². The van der Waals surface area contributed by atoms with Crippen LogP contribution in [0, 0.1) is 0 Å². The lowest BCUT2D eigenvalue weighted by atomic mass is 10.1. The molecule has 2 aliphatic rings. The van der Waals surface area contributed by atoms with Gasteiger partial charge in [-0.2, -0.15) is 4.31 Å². The first-order valence-electron chi connectivity index (χ1n) is 11.3. The van der Waals surface area contributed by atoms with E-state index in [1.807, 2.05) is 6.92 Å². The van der Waals surface area contributed by atoms with Gasteiger partial charge in [-0.25, -0.2) is 8.42 Å². The van der Waals surface area contributed by atoms with E-state index in [0.717, 1.165) is 0 Å². The number of hydrogen-bond acceptors (Lipinski definition) is 6. The Bertz CT molecular complexity index is 1150. The second kappa shape index (κ2) is 9.94. The van der Waals surface area contributed by atoms with E-state index >= 15 is 0 Å². The third-order valence-corrected chi connectivity index (χ3v) is 7.93. The Morgan fingerprint density at radius 3 is 2.06 bits per heavy atom. The van der Waals surface area contributed by atoms with E-state index < -0.39 is 10.0 Å². The van der Waals surface area contributed by atoms with Crippen LogP contribution in [-0.2, 0) is 14.8 Å². The first-order valence-corrected chi connectivity index (χ1v) is 12.7. The highest BCUT2D eigenvalue weighted by molar-refractivity contribution is 7.89. The van der Waals surface area contributed by atoms with E-state index in [1.54, 1.807) is 41.3 Å². The molecule has 2 aromatic carbocycles. The van der Waals surface area contributed by atoms with Gasteiger partial charge >= 0.3 is 0 Å². The van der Waals surface area contributed by atoms with Crippen molar-refractivity contribution >= 4 is 27.7 Å². The molecule has 0 spiro atoms. The second-order valence-electron chi connectivity index (χ2n) is 8.10. The van der Waals surface area contributed by atoms with Gasteiger partial charge in [0.15, 0.2) is 0 Å². The average Bonchev–Trinajstić information content (AvgIpc) is 3.09. The van der Waals surface area contributed by atoms with Crippen LogP contribution in [0.3, 0.4) is 0 Å². The van der Waals surface area contributed by atoms with Gasteiger partial charge in [0.2, 0.25) is 15.9 Å². The number of amides is 3. The zero-order valence-electron chi connectivity index (χ0n) is 19.0. The third kappa shape index (κ3) is 4.69. The van der Waals surface area contributed by atoms with Crippen molar-refractivity contribution in [3.63, 3.8) is 0 Å². The summed E-state index contributed by atoms with van der Waals surface area (Å²) in [5.74, 6) is -0.171. The van der Waals surface area contributed by atoms with Gasteiger partial charge in [0.25, 0.3) is 11.8 Å². The lowest BCUT2D eigenvalue weighted by Gasteiger charge is -2.34. The summed E-state index contributed by atoms with van der Waals surface area (Å²) >= 11 is 0. The lowest BCUT2D eigenvalue weighted by molar-refractivity contribution is -0.132. The highest BCUT2D eigenvalue weighted by Crippen LogP contribution is 2.23. The summed E-state index contributed by atoms with van der Waals surface area (Å²) in [6, 6.07) is 13.0. The van der Waals surface area contributed by atoms with Crippen LogP contribution in [0.5, 0.6) is 5.75 Å². The molecular weight excluding hydrogens is 458 g/mol. The summed E-state index contributed by atoms with van der Waals surface area (Å²) < 4.78 is 32.6. The van der Waals surface area contributed by atoms with Crippen LogP contribution >= 0.6 is 0 Å². The van der Waals surface area contributed by atoms with Crippen molar-refractivity contribution in [3.8, 4) is 5.75 Å². The molecule has 9 nitrogen and oxygen atoms in total. The smallest absolute Gasteiger partial charge is 0.261 e. The van der Waals surface area contributed by atoms with Crippen LogP contribution < -0.4 is 4.74 Å². The number of benzene rings is 2. The van der Waals surface area contributed by atoms with Crippen molar-refractivity contribution in [2.75, 3.05) is 39.3 Å². The molecule has 10 heteroatoms. The molecule has 0 atom stereocenters. The number of piperazine rings is 1. The molecule has 4 rings (SSSR count). The molecule has 1 saturated heterocycles. The first-order chi connectivity index (χ1) is 16.3. The molecule has 0 N–H and O–H groups in total. The molecule has 180 valence electrons. The van der Waals surface area contributed by atoms with Gasteiger partial charge in [-0.3, -0.25) is 19.3 Å². The number of hydrogen-bond donors (Lipinski definition) is 0. The Morgan fingerprint density at radius 1 is 0.912 bits per heavy atom. The number of carbonyl (C=O) groups excluding carboxylic acids is 3. The summed E-state index contributed by atoms with van der Waals surface area (Å²) in [4.78, 5) is 40.5. The molecular formula is C24H27N3O6S. The van der Waals surface area contributed by atoms with Crippen molar-refractivity contribution < 1.29 is 27.5 Å². The van der Waals surface area contributed by atoms with Crippen LogP contribution in [-0.4, -0.2) is 79.6 Å². The number of ether oxygens (including phenoxy) is 1. The molecule has 0 aromatic heterocycles. The van der Waals surface area contributed by atoms with Crippen LogP contribution in [0.2, 0.25) is 0 Å². The quantitative estimate of drug-likeness (QED) is 0.530. The van der Waals surface area contributed by atoms with Crippen molar-refractivity contribution in [3.05, 3.63) is 59.7 Å². The van der Waals surface area contributed by atoms with Gasteiger partial charge in [-0.15, -0.1) is 0 Å². The van der Waals surface area contributed by atoms with Crippen molar-refractivity contribution in [2.45, 2.75) is 24.7 Å². The zero-order valence-corrected chi connectivity index (χ0v) is 19.8. The Morgan fingerprint density at radius 2 is 1.50 bits per heavy atom. The minimum Gasteiger partial charge on any atom is -0.494 e. The molecule has 2 heterocycles. The summed E-state index contributed by atoms with van der Waals surface area (Å²) in [5.41, 5.74) is 0.785. The number of imide groups is 1. The van der Waals surface area contributed by atoms with E-state index in [-0.39, 0.29) is 48.7 Å². The van der Waals surface area contributed by atoms with Gasteiger partial charge in [0.1, 0.15) is 5.75 Å². The van der Waals surface area contributed by atoms with Gasteiger partial charge in [-0.1, -0.05) is 12.1 Å². The molecule has 2 aromatic rings. The minimum atomic E-state index is -3.65. The van der Waals surface area contributed by atoms with Crippen LogP contribution in [0.4, 0.5) is 0 Å². The van der Waals surface area contributed by atoms with E-state index in [0.29, 0.717) is 43.0 Å². The standard InChI is InChI=1S/C24H27N3O6S/c1-2-33-18-9-11-19(12-10-18)34(31,32)26-16-14-25(15-17-26)22(28)8-5-13-27-23(29)20-6-3-4-7-21(20)24(27)30/h3-4,6-7,9-12H,2,5,8,13-17H2,1H3. The van der Waals surface area contributed by atoms with Crippen LogP contribution in [0.1, 0.15) is 40.5 Å². The average molecular weight is 486 g/mol. The number of fused-ring (bicyclic) bond motifs is 1. The minimum absolute atomic E-state index is 0.116. The summed E-state index contributed by atoms with van der Waals surface area (Å²) in [5, 5.41) is 0. The van der Waals surface area contributed by atoms with Crippen molar-refractivity contribution in [1.82, 2.24) is 14.1 Å². The Hall–Kier alpha value is -3.24. The molecule has 1 fully saturated rings. The van der Waals surface area contributed by atoms with Crippen LogP contribution in [0.25, 0.3) is 0 Å². The maximum Gasteiger partial charge on any atom is 0.261 e. The fourth-order valence-electron chi connectivity index (χ4n) is 4.19. The van der Waals surface area contributed by atoms with Gasteiger partial charge < -0.3 is 9.64 Å². The number of sulfonamides is 1. The normalized spacial score (nSPS) is 16.6. The highest BCUT2D eigenvalue weighted by Gasteiger charge is 2.35. The lowest BCUT2D eigenvalue weighted by Crippen LogP contribution is -2.50. The maximum absolute atomic E-state index is 12.9. The summed E-state index contributed by atoms with van der Waals surface area (Å²) in [6.45, 7) is 3.53. The van der Waals surface area contributed by atoms with Gasteiger partial charge in [-0.05, 0) is 49.7 Å². The summed E-state index contributed by atoms with van der Waals surface area (Å²) in [6.07, 6.45) is 0.536. The first kappa shape index (κ1) is 23.9. The Kier molecular flexibility index (Phi) is 6.99. The van der Waals surface area contributed by atoms with E-state index in [4.69, 9.17) is 4.74 Å². The van der Waals surface area contributed by atoms with Gasteiger partial charge in [0.05, 0.1) is 22.6 Å². The molecule has 2 aliphatic heterocycles. The predicted molar refractivity (Wildman–Crippen MR) is 124 cm³/mol. The van der Waals surface area contributed by atoms with Crippen molar-refractivity contribution in [1.29, 1.82) is 0 Å².